The van der Waals surface area contributed by atoms with Crippen molar-refractivity contribution in [1.82, 2.24) is 5.27 Å². The van der Waals surface area contributed by atoms with E-state index in [0.717, 1.165) is 17.3 Å². The van der Waals surface area contributed by atoms with E-state index in [9.17, 15) is 9.90 Å². The lowest BCUT2D eigenvalue weighted by atomic mass is 10.2. The number of thioether (sulfide) groups is 1. The molecule has 1 amide bonds. The number of nitrogens with zero attached hydrogens (tertiary/aromatic N) is 2. The number of halogens is 1. The van der Waals surface area contributed by atoms with Crippen LogP contribution in [0.3, 0.4) is 0 Å². The quantitative estimate of drug-likeness (QED) is 0.682. The Morgan fingerprint density at radius 1 is 1.57 bits per heavy atom. The van der Waals surface area contributed by atoms with Crippen molar-refractivity contribution in [2.45, 2.75) is 24.1 Å². The van der Waals surface area contributed by atoms with Gasteiger partial charge in [0.05, 0.1) is 10.5 Å². The minimum atomic E-state index is -0.555. The van der Waals surface area contributed by atoms with Gasteiger partial charge < -0.3 is 14.9 Å². The maximum Gasteiger partial charge on any atom is 0.291 e. The molecule has 21 heavy (non-hydrogen) atoms. The molecule has 112 valence electrons. The van der Waals surface area contributed by atoms with Gasteiger partial charge in [-0.3, -0.25) is 4.79 Å². The molecule has 1 N–H and O–H groups in total. The Hall–Kier alpha value is -1.73. The molecule has 0 aliphatic carbocycles. The predicted molar refractivity (Wildman–Crippen MR) is 77.3 cm³/mol. The third-order valence-corrected chi connectivity index (χ3v) is 4.53. The topological polar surface area (TPSA) is 82.1 Å². The molecule has 1 atom stereocenters. The lowest BCUT2D eigenvalue weighted by Crippen LogP contribution is -2.33. The Kier molecular flexibility index (Phi) is 4.74. The molecule has 1 heterocycles. The van der Waals surface area contributed by atoms with E-state index in [0.29, 0.717) is 10.7 Å². The average molecular weight is 328 g/mol. The van der Waals surface area contributed by atoms with Crippen LogP contribution in [0.1, 0.15) is 12.5 Å². The molecule has 2 aromatic rings. The number of anilines is 1. The van der Waals surface area contributed by atoms with Crippen molar-refractivity contribution in [2.75, 3.05) is 5.32 Å². The van der Waals surface area contributed by atoms with Crippen LogP contribution in [-0.2, 0) is 11.8 Å². The fourth-order valence-electron chi connectivity index (χ4n) is 1.63. The number of aromatic nitrogens is 2. The lowest BCUT2D eigenvalue weighted by Gasteiger charge is -2.12. The van der Waals surface area contributed by atoms with Gasteiger partial charge in [-0.2, -0.15) is 0 Å². The molecule has 1 aromatic heterocycles. The summed E-state index contributed by atoms with van der Waals surface area (Å²) in [5.74, 6) is -0.785. The molecule has 0 spiro atoms. The number of carbonyl (C=O) groups excluding carboxylic acids is 1. The molecule has 0 saturated carbocycles. The molecule has 8 heteroatoms. The molecular weight excluding hydrogens is 314 g/mol. The lowest BCUT2D eigenvalue weighted by molar-refractivity contribution is -0.772. The van der Waals surface area contributed by atoms with Crippen molar-refractivity contribution in [1.29, 1.82) is 0 Å². The minimum Gasteiger partial charge on any atom is -0.538 e. The van der Waals surface area contributed by atoms with Gasteiger partial charge in [-0.1, -0.05) is 22.3 Å². The van der Waals surface area contributed by atoms with Crippen molar-refractivity contribution in [3.05, 3.63) is 28.8 Å². The number of aryl methyl sites for hydroxylation is 1. The third kappa shape index (κ3) is 3.48. The van der Waals surface area contributed by atoms with Gasteiger partial charge in [0.25, 0.3) is 5.03 Å². The van der Waals surface area contributed by atoms with Crippen LogP contribution >= 0.6 is 23.4 Å². The summed E-state index contributed by atoms with van der Waals surface area (Å²) < 4.78 is 5.82. The normalized spacial score (nSPS) is 12.2. The zero-order chi connectivity index (χ0) is 15.6. The summed E-state index contributed by atoms with van der Waals surface area (Å²) in [7, 11) is 1.58. The van der Waals surface area contributed by atoms with E-state index in [1.165, 1.54) is 4.68 Å². The number of hydrogen-bond donors (Lipinski definition) is 1. The summed E-state index contributed by atoms with van der Waals surface area (Å²) in [6.07, 6.45) is 0. The van der Waals surface area contributed by atoms with Crippen LogP contribution < -0.4 is 15.1 Å². The predicted octanol–water partition coefficient (Wildman–Crippen LogP) is 1.65. The molecule has 0 bridgehead atoms. The van der Waals surface area contributed by atoms with E-state index >= 15 is 0 Å². The van der Waals surface area contributed by atoms with Crippen molar-refractivity contribution < 1.29 is 19.1 Å². The van der Waals surface area contributed by atoms with Crippen molar-refractivity contribution >= 4 is 35.0 Å². The second kappa shape index (κ2) is 6.36. The standard InChI is InChI=1S/C13H14ClN3O3S/c1-7-9(14)5-4-6-10(7)15-11(18)8(2)21-12-13(19)20-16-17(12)3/h4-6,8H,1-3H3,(H-,15,16,18,19). The second-order valence-corrected chi connectivity index (χ2v) is 6.19. The van der Waals surface area contributed by atoms with Gasteiger partial charge in [-0.25, -0.2) is 0 Å². The van der Waals surface area contributed by atoms with Crippen LogP contribution in [0.4, 0.5) is 5.69 Å². The van der Waals surface area contributed by atoms with Crippen LogP contribution in [0.2, 0.25) is 5.02 Å². The number of nitrogens with one attached hydrogen (secondary N) is 1. The summed E-state index contributed by atoms with van der Waals surface area (Å²) in [6, 6.07) is 5.29. The first-order valence-electron chi connectivity index (χ1n) is 6.15. The average Bonchev–Trinajstić information content (AvgIpc) is 2.75. The summed E-state index contributed by atoms with van der Waals surface area (Å²) in [5.41, 5.74) is 1.45. The van der Waals surface area contributed by atoms with Crippen LogP contribution in [0, 0.1) is 6.92 Å². The van der Waals surface area contributed by atoms with Crippen LogP contribution in [-0.4, -0.2) is 16.4 Å². The van der Waals surface area contributed by atoms with E-state index in [2.05, 4.69) is 15.1 Å². The van der Waals surface area contributed by atoms with Crippen molar-refractivity contribution in [3.8, 4) is 5.95 Å². The maximum atomic E-state index is 12.2. The highest BCUT2D eigenvalue weighted by atomic mass is 35.5. The van der Waals surface area contributed by atoms with Gasteiger partial charge in [0, 0.05) is 10.7 Å². The zero-order valence-corrected chi connectivity index (χ0v) is 13.3. The van der Waals surface area contributed by atoms with Crippen LogP contribution in [0.5, 0.6) is 5.95 Å². The van der Waals surface area contributed by atoms with E-state index in [-0.39, 0.29) is 10.9 Å². The minimum absolute atomic E-state index is 0.231. The Morgan fingerprint density at radius 3 is 2.90 bits per heavy atom. The Labute approximate surface area is 131 Å². The Bertz CT molecular complexity index is 655. The number of benzene rings is 1. The first-order valence-corrected chi connectivity index (χ1v) is 7.41. The molecule has 0 aliphatic heterocycles. The van der Waals surface area contributed by atoms with Gasteiger partial charge in [0.2, 0.25) is 5.91 Å². The van der Waals surface area contributed by atoms with Gasteiger partial charge in [0.15, 0.2) is 13.0 Å². The highest BCUT2D eigenvalue weighted by Crippen LogP contribution is 2.28. The summed E-state index contributed by atoms with van der Waals surface area (Å²) in [5, 5.41) is 18.1. The van der Waals surface area contributed by atoms with Crippen molar-refractivity contribution in [3.63, 3.8) is 0 Å². The van der Waals surface area contributed by atoms with Gasteiger partial charge in [-0.15, -0.1) is 0 Å². The first-order chi connectivity index (χ1) is 9.90. The molecule has 0 aliphatic rings. The molecule has 6 nitrogen and oxygen atoms in total. The third-order valence-electron chi connectivity index (χ3n) is 2.90. The molecule has 0 saturated heterocycles. The van der Waals surface area contributed by atoms with E-state index in [4.69, 9.17) is 11.6 Å². The van der Waals surface area contributed by atoms with Crippen LogP contribution in [0.15, 0.2) is 27.7 Å². The van der Waals surface area contributed by atoms with E-state index in [1.54, 1.807) is 32.2 Å². The summed E-state index contributed by atoms with van der Waals surface area (Å²) >= 11 is 7.10. The molecule has 0 fully saturated rings. The summed E-state index contributed by atoms with van der Waals surface area (Å²) in [4.78, 5) is 12.2. The number of rotatable bonds is 4. The second-order valence-electron chi connectivity index (χ2n) is 4.45. The van der Waals surface area contributed by atoms with E-state index < -0.39 is 11.2 Å². The SMILES string of the molecule is Cc1c(Cl)cccc1NC(=O)C(C)Sc1c([O-])on[n+]1C. The summed E-state index contributed by atoms with van der Waals surface area (Å²) in [6.45, 7) is 3.53. The Balaban J connectivity index is 2.08. The molecule has 0 radical (unpaired) electrons. The van der Waals surface area contributed by atoms with Gasteiger partial charge >= 0.3 is 0 Å². The maximum absolute atomic E-state index is 12.2. The number of carbonyl (C=O) groups is 1. The molecule has 1 unspecified atom stereocenters. The van der Waals surface area contributed by atoms with Gasteiger partial charge in [0.1, 0.15) is 0 Å². The molecule has 2 rings (SSSR count). The fourth-order valence-corrected chi connectivity index (χ4v) is 2.62. The van der Waals surface area contributed by atoms with Crippen molar-refractivity contribution in [2.24, 2.45) is 7.05 Å². The fraction of sp³-hybridized carbons (Fsp3) is 0.308. The number of hydrogen-bond acceptors (Lipinski definition) is 5. The van der Waals surface area contributed by atoms with Crippen LogP contribution in [0.25, 0.3) is 0 Å². The first kappa shape index (κ1) is 15.7. The zero-order valence-electron chi connectivity index (χ0n) is 11.7. The highest BCUT2D eigenvalue weighted by Gasteiger charge is 2.23. The van der Waals surface area contributed by atoms with E-state index in [1.807, 2.05) is 6.92 Å². The molecule has 1 aromatic carbocycles. The monoisotopic (exact) mass is 327 g/mol. The smallest absolute Gasteiger partial charge is 0.291 e. The highest BCUT2D eigenvalue weighted by molar-refractivity contribution is 8.00. The number of amides is 1. The molecular formula is C13H14ClN3O3S. The van der Waals surface area contributed by atoms with Gasteiger partial charge in [-0.05, 0) is 43.3 Å². The Morgan fingerprint density at radius 2 is 2.29 bits per heavy atom. The largest absolute Gasteiger partial charge is 0.538 e.